The summed E-state index contributed by atoms with van der Waals surface area (Å²) in [7, 11) is 6.85. The molecule has 0 spiro atoms. The minimum absolute atomic E-state index is 0.0243. The van der Waals surface area contributed by atoms with Crippen molar-refractivity contribution in [3.63, 3.8) is 0 Å². The number of methoxy groups -OCH3 is 2. The van der Waals surface area contributed by atoms with E-state index in [1.165, 1.54) is 20.3 Å². The first-order valence-electron chi connectivity index (χ1n) is 17.7. The molecule has 12 heteroatoms. The van der Waals surface area contributed by atoms with Gasteiger partial charge in [-0.1, -0.05) is 52.0 Å². The number of rotatable bonds is 9. The third-order valence-corrected chi connectivity index (χ3v) is 10.0. The first kappa shape index (κ1) is 41.4. The monoisotopic (exact) mass is 695 g/mol. The summed E-state index contributed by atoms with van der Waals surface area (Å²) in [5.41, 5.74) is 0. The highest BCUT2D eigenvalue weighted by Crippen LogP contribution is 2.32. The smallest absolute Gasteiger partial charge is 0.330 e. The molecule has 0 amide bonds. The summed E-state index contributed by atoms with van der Waals surface area (Å²) in [6.07, 6.45) is 5.21. The van der Waals surface area contributed by atoms with E-state index in [0.29, 0.717) is 19.3 Å². The van der Waals surface area contributed by atoms with Gasteiger partial charge in [-0.3, -0.25) is 4.79 Å². The van der Waals surface area contributed by atoms with Crippen molar-refractivity contribution in [1.29, 1.82) is 0 Å². The molecule has 0 saturated carbocycles. The van der Waals surface area contributed by atoms with Crippen LogP contribution in [0.2, 0.25) is 0 Å². The van der Waals surface area contributed by atoms with Crippen LogP contribution < -0.4 is 0 Å². The van der Waals surface area contributed by atoms with Crippen LogP contribution in [0.3, 0.4) is 0 Å². The number of aliphatic hydroxyl groups excluding tert-OH is 2. The van der Waals surface area contributed by atoms with E-state index in [4.69, 9.17) is 33.2 Å². The molecule has 0 aromatic heterocycles. The zero-order valence-corrected chi connectivity index (χ0v) is 31.0. The second-order valence-electron chi connectivity index (χ2n) is 14.1. The lowest BCUT2D eigenvalue weighted by Gasteiger charge is -2.43. The first-order chi connectivity index (χ1) is 23.2. The average molecular weight is 696 g/mol. The van der Waals surface area contributed by atoms with Gasteiger partial charge in [0.25, 0.3) is 0 Å². The molecular weight excluding hydrogens is 634 g/mol. The summed E-state index contributed by atoms with van der Waals surface area (Å²) in [5, 5.41) is 21.7. The van der Waals surface area contributed by atoms with E-state index in [9.17, 15) is 19.8 Å². The maximum Gasteiger partial charge on any atom is 0.330 e. The molecular formula is C37H61NO11. The lowest BCUT2D eigenvalue weighted by Crippen LogP contribution is -2.59. The van der Waals surface area contributed by atoms with Crippen LogP contribution in [0.15, 0.2) is 36.5 Å². The molecule has 12 nitrogen and oxygen atoms in total. The Labute approximate surface area is 292 Å². The Morgan fingerprint density at radius 3 is 2.18 bits per heavy atom. The van der Waals surface area contributed by atoms with Gasteiger partial charge < -0.3 is 48.3 Å². The van der Waals surface area contributed by atoms with E-state index in [2.05, 4.69) is 0 Å². The van der Waals surface area contributed by atoms with E-state index in [1.54, 1.807) is 31.2 Å². The average Bonchev–Trinajstić information content (AvgIpc) is 3.06. The largest absolute Gasteiger partial charge is 0.459 e. The molecule has 0 aromatic rings. The molecule has 0 radical (unpaired) electrons. The van der Waals surface area contributed by atoms with E-state index in [1.807, 2.05) is 59.7 Å². The van der Waals surface area contributed by atoms with E-state index >= 15 is 0 Å². The minimum Gasteiger partial charge on any atom is -0.459 e. The predicted molar refractivity (Wildman–Crippen MR) is 183 cm³/mol. The topological polar surface area (TPSA) is 142 Å². The van der Waals surface area contributed by atoms with E-state index in [-0.39, 0.29) is 42.3 Å². The van der Waals surface area contributed by atoms with Gasteiger partial charge in [0.15, 0.2) is 18.4 Å². The fourth-order valence-corrected chi connectivity index (χ4v) is 7.05. The van der Waals surface area contributed by atoms with Crippen molar-refractivity contribution >= 4 is 11.8 Å². The number of ketones is 1. The Hall–Kier alpha value is -2.00. The number of likely N-dealkylation sites (N-methyl/N-ethyl adjacent to an activating group) is 1. The van der Waals surface area contributed by atoms with Gasteiger partial charge in [0.1, 0.15) is 30.5 Å². The Bertz CT molecular complexity index is 1130. The molecule has 2 N–H and O–H groups in total. The zero-order valence-electron chi connectivity index (χ0n) is 31.0. The minimum atomic E-state index is -0.896. The number of aliphatic hydroxyl groups is 2. The predicted octanol–water partition coefficient (Wildman–Crippen LogP) is 3.44. The Morgan fingerprint density at radius 1 is 0.857 bits per heavy atom. The molecule has 0 bridgehead atoms. The molecule has 0 aliphatic carbocycles. The third-order valence-electron chi connectivity index (χ3n) is 10.0. The van der Waals surface area contributed by atoms with Gasteiger partial charge >= 0.3 is 5.97 Å². The van der Waals surface area contributed by atoms with Crippen LogP contribution in [0, 0.1) is 23.7 Å². The molecule has 280 valence electrons. The molecule has 3 aliphatic rings. The Morgan fingerprint density at radius 2 is 1.55 bits per heavy atom. The number of esters is 1. The van der Waals surface area contributed by atoms with Crippen LogP contribution >= 0.6 is 0 Å². The summed E-state index contributed by atoms with van der Waals surface area (Å²) in [5.74, 6) is -1.62. The van der Waals surface area contributed by atoms with Crippen molar-refractivity contribution in [3.05, 3.63) is 36.5 Å². The molecule has 3 rings (SSSR count). The summed E-state index contributed by atoms with van der Waals surface area (Å²) in [4.78, 5) is 28.4. The normalized spacial score (nSPS) is 43.6. The number of hydrogen-bond acceptors (Lipinski definition) is 12. The van der Waals surface area contributed by atoms with Crippen LogP contribution in [0.4, 0.5) is 0 Å². The molecule has 15 atom stereocenters. The highest BCUT2D eigenvalue weighted by molar-refractivity contribution is 5.91. The van der Waals surface area contributed by atoms with Gasteiger partial charge in [-0.15, -0.1) is 0 Å². The summed E-state index contributed by atoms with van der Waals surface area (Å²) >= 11 is 0. The maximum absolute atomic E-state index is 13.3. The third kappa shape index (κ3) is 11.2. The van der Waals surface area contributed by atoms with Gasteiger partial charge in [0.2, 0.25) is 0 Å². The zero-order chi connectivity index (χ0) is 36.4. The highest BCUT2D eigenvalue weighted by atomic mass is 16.7. The number of nitrogens with zero attached hydrogens (tertiary/aromatic N) is 1. The second kappa shape index (κ2) is 19.6. The summed E-state index contributed by atoms with van der Waals surface area (Å²) in [6.45, 7) is 11.6. The molecule has 3 heterocycles. The lowest BCUT2D eigenvalue weighted by atomic mass is 9.84. The Balaban J connectivity index is 1.85. The number of cyclic esters (lactones) is 1. The van der Waals surface area contributed by atoms with Gasteiger partial charge in [-0.05, 0) is 59.2 Å². The molecule has 2 saturated heterocycles. The van der Waals surface area contributed by atoms with Crippen LogP contribution in [-0.2, 0) is 42.7 Å². The van der Waals surface area contributed by atoms with E-state index in [0.717, 1.165) is 0 Å². The van der Waals surface area contributed by atoms with Gasteiger partial charge in [0, 0.05) is 44.1 Å². The second-order valence-corrected chi connectivity index (χ2v) is 14.1. The number of carbonyl (C=O) groups is 2. The van der Waals surface area contributed by atoms with Gasteiger partial charge in [-0.2, -0.15) is 0 Å². The van der Waals surface area contributed by atoms with Crippen molar-refractivity contribution in [1.82, 2.24) is 4.90 Å². The molecule has 2 fully saturated rings. The van der Waals surface area contributed by atoms with Crippen molar-refractivity contribution in [2.24, 2.45) is 23.7 Å². The van der Waals surface area contributed by atoms with Crippen molar-refractivity contribution in [2.45, 2.75) is 128 Å². The highest BCUT2D eigenvalue weighted by Gasteiger charge is 2.45. The first-order valence-corrected chi connectivity index (χ1v) is 17.7. The standard InChI is InChI=1S/C37H61NO11/c1-11-29-26(20-45-37-35(44-10)34(43-9)31(41)25(6)47-37)14-12-13-15-28(39)22(3)18-23(4)33(21(2)16-17-30(40)48-29)49-36-32(42)27(38(7)8)19-24(5)46-36/h12-17,21-27,29,31-37,41-42H,11,18-20H2,1-10H3/b14-12+,15-13+,17-16+/t21-,22+,23-,24+,25+,26+,27-,29+,31+,32+,33+,34+,35+,36-,37+/m0/s1. The van der Waals surface area contributed by atoms with Crippen LogP contribution in [0.1, 0.15) is 60.8 Å². The summed E-state index contributed by atoms with van der Waals surface area (Å²) < 4.78 is 41.8. The number of ether oxygens (including phenoxy) is 7. The van der Waals surface area contributed by atoms with Gasteiger partial charge in [0.05, 0.1) is 24.9 Å². The van der Waals surface area contributed by atoms with Crippen molar-refractivity contribution in [3.8, 4) is 0 Å². The van der Waals surface area contributed by atoms with E-state index < -0.39 is 67.2 Å². The molecule has 0 aromatic carbocycles. The molecule has 49 heavy (non-hydrogen) atoms. The number of hydrogen-bond donors (Lipinski definition) is 2. The molecule has 3 aliphatic heterocycles. The number of carbonyl (C=O) groups excluding carboxylic acids is 2. The van der Waals surface area contributed by atoms with Gasteiger partial charge in [-0.25, -0.2) is 4.79 Å². The van der Waals surface area contributed by atoms with Crippen molar-refractivity contribution in [2.75, 3.05) is 34.9 Å². The maximum atomic E-state index is 13.3. The lowest BCUT2D eigenvalue weighted by molar-refractivity contribution is -0.304. The fourth-order valence-electron chi connectivity index (χ4n) is 7.05. The molecule has 0 unspecified atom stereocenters. The summed E-state index contributed by atoms with van der Waals surface area (Å²) in [6, 6.07) is -0.140. The quantitative estimate of drug-likeness (QED) is 0.342. The SMILES string of the molecule is CC[C@H]1OC(=O)/C=C/[C@H](C)[C@@H](O[C@@H]2O[C@H](C)C[C@H](N(C)C)[C@H]2O)[C@@H](C)C[C@@H](C)C(=O)/C=C/C=C/[C@@H]1CO[C@@H]1O[C@H](C)[C@@H](O)[C@@H](OC)[C@H]1OC. The van der Waals surface area contributed by atoms with Crippen LogP contribution in [0.25, 0.3) is 0 Å². The Kier molecular flexibility index (Phi) is 16.5. The van der Waals surface area contributed by atoms with Crippen LogP contribution in [0.5, 0.6) is 0 Å². The van der Waals surface area contributed by atoms with Crippen LogP contribution in [-0.4, -0.2) is 129 Å². The fraction of sp³-hybridized carbons (Fsp3) is 0.784. The van der Waals surface area contributed by atoms with Crippen molar-refractivity contribution < 1.29 is 53.0 Å². The number of allylic oxidation sites excluding steroid dienone is 3.